The van der Waals surface area contributed by atoms with Crippen molar-refractivity contribution < 1.29 is 23.8 Å². The first-order chi connectivity index (χ1) is 9.33. The van der Waals surface area contributed by atoms with Gasteiger partial charge in [0.25, 0.3) is 0 Å². The van der Waals surface area contributed by atoms with Crippen LogP contribution in [-0.4, -0.2) is 48.0 Å². The first-order valence-electron chi connectivity index (χ1n) is 6.75. The van der Waals surface area contributed by atoms with Gasteiger partial charge in [0.1, 0.15) is 5.60 Å². The second-order valence-corrected chi connectivity index (χ2v) is 5.94. The van der Waals surface area contributed by atoms with E-state index in [4.69, 9.17) is 14.2 Å². The molecule has 2 rings (SSSR count). The Morgan fingerprint density at radius 2 is 2.05 bits per heavy atom. The quantitative estimate of drug-likeness (QED) is 0.542. The maximum atomic E-state index is 12.3. The lowest BCUT2D eigenvalue weighted by Crippen LogP contribution is -2.48. The SMILES string of the molecule is COC(=O)C1O[C@H]2C=CCC[C@H]2N1C(=O)OC(C)(C)C. The molecule has 0 aromatic carbocycles. The zero-order valence-corrected chi connectivity index (χ0v) is 12.3. The van der Waals surface area contributed by atoms with Crippen LogP contribution >= 0.6 is 0 Å². The number of ether oxygens (including phenoxy) is 3. The van der Waals surface area contributed by atoms with Gasteiger partial charge in [-0.3, -0.25) is 4.90 Å². The molecule has 112 valence electrons. The Kier molecular flexibility index (Phi) is 4.04. The largest absolute Gasteiger partial charge is 0.466 e. The lowest BCUT2D eigenvalue weighted by Gasteiger charge is -2.31. The van der Waals surface area contributed by atoms with Crippen LogP contribution in [0.4, 0.5) is 4.79 Å². The maximum absolute atomic E-state index is 12.3. The van der Waals surface area contributed by atoms with Crippen molar-refractivity contribution in [3.8, 4) is 0 Å². The van der Waals surface area contributed by atoms with Crippen molar-refractivity contribution in [2.45, 2.75) is 57.6 Å². The van der Waals surface area contributed by atoms with Gasteiger partial charge in [-0.15, -0.1) is 0 Å². The number of nitrogens with zero attached hydrogens (tertiary/aromatic N) is 1. The van der Waals surface area contributed by atoms with Crippen LogP contribution in [0.1, 0.15) is 33.6 Å². The van der Waals surface area contributed by atoms with Crippen molar-refractivity contribution in [3.05, 3.63) is 12.2 Å². The van der Waals surface area contributed by atoms with Gasteiger partial charge in [0.2, 0.25) is 6.23 Å². The first-order valence-corrected chi connectivity index (χ1v) is 6.75. The monoisotopic (exact) mass is 283 g/mol. The van der Waals surface area contributed by atoms with Gasteiger partial charge in [-0.1, -0.05) is 12.2 Å². The fourth-order valence-electron chi connectivity index (χ4n) is 2.43. The third-order valence-electron chi connectivity index (χ3n) is 3.24. The third kappa shape index (κ3) is 2.95. The number of rotatable bonds is 1. The number of carbonyl (C=O) groups is 2. The Bertz CT molecular complexity index is 426. The summed E-state index contributed by atoms with van der Waals surface area (Å²) >= 11 is 0. The molecule has 1 aliphatic heterocycles. The average Bonchev–Trinajstić information content (AvgIpc) is 2.75. The predicted octanol–water partition coefficient (Wildman–Crippen LogP) is 1.84. The van der Waals surface area contributed by atoms with Gasteiger partial charge < -0.3 is 14.2 Å². The molecule has 1 heterocycles. The van der Waals surface area contributed by atoms with Crippen LogP contribution in [0.15, 0.2) is 12.2 Å². The first kappa shape index (κ1) is 14.8. The van der Waals surface area contributed by atoms with E-state index in [1.165, 1.54) is 12.0 Å². The minimum Gasteiger partial charge on any atom is -0.466 e. The molecule has 0 aromatic rings. The summed E-state index contributed by atoms with van der Waals surface area (Å²) in [5.74, 6) is -0.585. The van der Waals surface area contributed by atoms with E-state index in [0.717, 1.165) is 12.8 Å². The minimum absolute atomic E-state index is 0.182. The summed E-state index contributed by atoms with van der Waals surface area (Å²) in [6.45, 7) is 5.35. The number of carbonyl (C=O) groups excluding carboxylic acids is 2. The number of hydrogen-bond acceptors (Lipinski definition) is 5. The second-order valence-electron chi connectivity index (χ2n) is 5.94. The van der Waals surface area contributed by atoms with E-state index >= 15 is 0 Å². The van der Waals surface area contributed by atoms with E-state index in [9.17, 15) is 9.59 Å². The smallest absolute Gasteiger partial charge is 0.413 e. The lowest BCUT2D eigenvalue weighted by molar-refractivity contribution is -0.159. The predicted molar refractivity (Wildman–Crippen MR) is 70.9 cm³/mol. The molecule has 1 amide bonds. The highest BCUT2D eigenvalue weighted by atomic mass is 16.6. The molecule has 0 spiro atoms. The molecule has 6 heteroatoms. The molecule has 2 aliphatic rings. The average molecular weight is 283 g/mol. The molecule has 0 radical (unpaired) electrons. The Balaban J connectivity index is 2.22. The van der Waals surface area contributed by atoms with Crippen molar-refractivity contribution in [2.24, 2.45) is 0 Å². The second kappa shape index (κ2) is 5.44. The van der Waals surface area contributed by atoms with E-state index in [-0.39, 0.29) is 12.1 Å². The van der Waals surface area contributed by atoms with Crippen molar-refractivity contribution in [2.75, 3.05) is 7.11 Å². The van der Waals surface area contributed by atoms with E-state index in [0.29, 0.717) is 0 Å². The van der Waals surface area contributed by atoms with Crippen LogP contribution in [0.2, 0.25) is 0 Å². The highest BCUT2D eigenvalue weighted by Gasteiger charge is 2.49. The van der Waals surface area contributed by atoms with E-state index in [2.05, 4.69) is 0 Å². The fourth-order valence-corrected chi connectivity index (χ4v) is 2.43. The van der Waals surface area contributed by atoms with Crippen molar-refractivity contribution in [3.63, 3.8) is 0 Å². The van der Waals surface area contributed by atoms with E-state index in [1.807, 2.05) is 12.2 Å². The third-order valence-corrected chi connectivity index (χ3v) is 3.24. The zero-order chi connectivity index (χ0) is 14.9. The normalized spacial score (nSPS) is 29.0. The van der Waals surface area contributed by atoms with Gasteiger partial charge in [-0.05, 0) is 33.6 Å². The summed E-state index contributed by atoms with van der Waals surface area (Å²) in [5.41, 5.74) is -0.625. The number of esters is 1. The Morgan fingerprint density at radius 1 is 1.35 bits per heavy atom. The van der Waals surface area contributed by atoms with Crippen LogP contribution in [-0.2, 0) is 19.0 Å². The molecule has 0 aromatic heterocycles. The number of hydrogen-bond donors (Lipinski definition) is 0. The molecular formula is C14H21NO5. The Hall–Kier alpha value is -1.56. The summed E-state index contributed by atoms with van der Waals surface area (Å²) in [6.07, 6.45) is 3.61. The van der Waals surface area contributed by atoms with Gasteiger partial charge in [0.15, 0.2) is 0 Å². The van der Waals surface area contributed by atoms with Gasteiger partial charge >= 0.3 is 12.1 Å². The molecule has 1 fully saturated rings. The molecule has 3 atom stereocenters. The lowest BCUT2D eigenvalue weighted by atomic mass is 9.99. The van der Waals surface area contributed by atoms with E-state index < -0.39 is 23.9 Å². The topological polar surface area (TPSA) is 65.1 Å². The molecule has 20 heavy (non-hydrogen) atoms. The van der Waals surface area contributed by atoms with E-state index in [1.54, 1.807) is 20.8 Å². The molecular weight excluding hydrogens is 262 g/mol. The molecule has 1 unspecified atom stereocenters. The Labute approximate surface area is 118 Å². The Morgan fingerprint density at radius 3 is 2.65 bits per heavy atom. The fraction of sp³-hybridized carbons (Fsp3) is 0.714. The minimum atomic E-state index is -1.03. The highest BCUT2D eigenvalue weighted by Crippen LogP contribution is 2.32. The maximum Gasteiger partial charge on any atom is 0.413 e. The summed E-state index contributed by atoms with van der Waals surface area (Å²) < 4.78 is 15.7. The van der Waals surface area contributed by atoms with Gasteiger partial charge in [-0.25, -0.2) is 9.59 Å². The summed E-state index contributed by atoms with van der Waals surface area (Å²) in [5, 5.41) is 0. The summed E-state index contributed by atoms with van der Waals surface area (Å²) in [4.78, 5) is 25.5. The molecule has 1 aliphatic carbocycles. The molecule has 0 bridgehead atoms. The number of methoxy groups -OCH3 is 1. The standard InChI is InChI=1S/C14H21NO5/c1-14(2,3)20-13(17)15-9-7-5-6-8-10(9)19-11(15)12(16)18-4/h6,8-11H,5,7H2,1-4H3/t9-,10+,11?/m1/s1. The molecule has 0 N–H and O–H groups in total. The van der Waals surface area contributed by atoms with Gasteiger partial charge in [0, 0.05) is 0 Å². The van der Waals surface area contributed by atoms with Crippen molar-refractivity contribution in [1.29, 1.82) is 0 Å². The number of allylic oxidation sites excluding steroid dienone is 1. The van der Waals surface area contributed by atoms with Crippen LogP contribution in [0.5, 0.6) is 0 Å². The summed E-state index contributed by atoms with van der Waals surface area (Å²) in [7, 11) is 1.27. The highest BCUT2D eigenvalue weighted by molar-refractivity contribution is 5.81. The summed E-state index contributed by atoms with van der Waals surface area (Å²) in [6, 6.07) is -0.182. The van der Waals surface area contributed by atoms with Crippen LogP contribution < -0.4 is 0 Å². The molecule has 0 saturated carbocycles. The zero-order valence-electron chi connectivity index (χ0n) is 12.3. The van der Waals surface area contributed by atoms with Gasteiger partial charge in [-0.2, -0.15) is 0 Å². The molecule has 1 saturated heterocycles. The van der Waals surface area contributed by atoms with Crippen LogP contribution in [0.3, 0.4) is 0 Å². The van der Waals surface area contributed by atoms with Crippen molar-refractivity contribution >= 4 is 12.1 Å². The van der Waals surface area contributed by atoms with Crippen molar-refractivity contribution in [1.82, 2.24) is 4.90 Å². The van der Waals surface area contributed by atoms with Crippen LogP contribution in [0.25, 0.3) is 0 Å². The number of amides is 1. The van der Waals surface area contributed by atoms with Crippen LogP contribution in [0, 0.1) is 0 Å². The van der Waals surface area contributed by atoms with Gasteiger partial charge in [0.05, 0.1) is 19.3 Å². The molecule has 6 nitrogen and oxygen atoms in total. The number of fused-ring (bicyclic) bond motifs is 1.